The van der Waals surface area contributed by atoms with E-state index in [0.29, 0.717) is 44.9 Å². The molecule has 1 aliphatic heterocycles. The third kappa shape index (κ3) is 2.94. The predicted molar refractivity (Wildman–Crippen MR) is 80.8 cm³/mol. The molecule has 0 unspecified atom stereocenters. The van der Waals surface area contributed by atoms with Gasteiger partial charge in [0.1, 0.15) is 0 Å². The summed E-state index contributed by atoms with van der Waals surface area (Å²) in [5.41, 5.74) is 0.965. The molecule has 2 rings (SSSR count). The number of halogens is 2. The molecule has 104 valence electrons. The summed E-state index contributed by atoms with van der Waals surface area (Å²) in [6.07, 6.45) is 1.64. The van der Waals surface area contributed by atoms with E-state index in [9.17, 15) is 9.59 Å². The van der Waals surface area contributed by atoms with Crippen molar-refractivity contribution in [2.24, 2.45) is 0 Å². The molecule has 4 nitrogen and oxygen atoms in total. The molecule has 19 heavy (non-hydrogen) atoms. The average molecular weight is 411 g/mol. The highest BCUT2D eigenvalue weighted by Gasteiger charge is 2.40. The van der Waals surface area contributed by atoms with E-state index in [0.717, 1.165) is 6.42 Å². The summed E-state index contributed by atoms with van der Waals surface area (Å²) >= 11 is 8.02. The second-order valence-corrected chi connectivity index (χ2v) is 7.78. The van der Waals surface area contributed by atoms with E-state index in [2.05, 4.69) is 31.9 Å². The summed E-state index contributed by atoms with van der Waals surface area (Å²) < 4.78 is 6.77. The molecule has 0 fully saturated rings. The van der Waals surface area contributed by atoms with Gasteiger partial charge in [0.05, 0.1) is 18.7 Å². The number of nitrogens with zero attached hydrogens (tertiary/aromatic N) is 1. The highest BCUT2D eigenvalue weighted by molar-refractivity contribution is 9.12. The SMILES string of the molecule is CCCOCCCN1C(=O)c2c(Br)sc(Br)c2C1=O. The second-order valence-electron chi connectivity index (χ2n) is 4.13. The lowest BCUT2D eigenvalue weighted by atomic mass is 10.2. The number of thiophene rings is 1. The van der Waals surface area contributed by atoms with Crippen LogP contribution in [-0.2, 0) is 4.74 Å². The van der Waals surface area contributed by atoms with Crippen molar-refractivity contribution in [3.05, 3.63) is 18.7 Å². The summed E-state index contributed by atoms with van der Waals surface area (Å²) in [6, 6.07) is 0. The van der Waals surface area contributed by atoms with Crippen LogP contribution in [0, 0.1) is 0 Å². The Kier molecular flexibility index (Phi) is 5.16. The van der Waals surface area contributed by atoms with Crippen LogP contribution in [0.2, 0.25) is 0 Å². The number of ether oxygens (including phenoxy) is 1. The first-order valence-electron chi connectivity index (χ1n) is 5.99. The van der Waals surface area contributed by atoms with Gasteiger partial charge in [-0.05, 0) is 44.7 Å². The molecule has 0 N–H and O–H groups in total. The van der Waals surface area contributed by atoms with Gasteiger partial charge in [-0.2, -0.15) is 0 Å². The minimum Gasteiger partial charge on any atom is -0.381 e. The third-order valence-corrected chi connectivity index (χ3v) is 5.29. The molecule has 0 aromatic carbocycles. The molecule has 1 aliphatic rings. The second kappa shape index (κ2) is 6.47. The Labute approximate surface area is 132 Å². The smallest absolute Gasteiger partial charge is 0.263 e. The van der Waals surface area contributed by atoms with Crippen LogP contribution in [0.4, 0.5) is 0 Å². The Morgan fingerprint density at radius 3 is 2.21 bits per heavy atom. The van der Waals surface area contributed by atoms with Crippen molar-refractivity contribution in [3.8, 4) is 0 Å². The molecule has 0 bridgehead atoms. The Bertz CT molecular complexity index is 479. The van der Waals surface area contributed by atoms with Gasteiger partial charge in [-0.3, -0.25) is 14.5 Å². The number of carbonyl (C=O) groups is 2. The van der Waals surface area contributed by atoms with Crippen LogP contribution in [-0.4, -0.2) is 36.5 Å². The van der Waals surface area contributed by atoms with Crippen molar-refractivity contribution in [2.45, 2.75) is 19.8 Å². The Morgan fingerprint density at radius 1 is 1.11 bits per heavy atom. The molecule has 0 atom stereocenters. The lowest BCUT2D eigenvalue weighted by Gasteiger charge is -2.14. The van der Waals surface area contributed by atoms with E-state index in [1.165, 1.54) is 16.2 Å². The molecule has 0 saturated carbocycles. The lowest BCUT2D eigenvalue weighted by Crippen LogP contribution is -2.31. The van der Waals surface area contributed by atoms with Crippen molar-refractivity contribution in [2.75, 3.05) is 19.8 Å². The number of fused-ring (bicyclic) bond motifs is 1. The fraction of sp³-hybridized carbons (Fsp3) is 0.500. The number of hydrogen-bond donors (Lipinski definition) is 0. The quantitative estimate of drug-likeness (QED) is 0.530. The number of imide groups is 1. The van der Waals surface area contributed by atoms with Crippen molar-refractivity contribution >= 4 is 55.0 Å². The van der Waals surface area contributed by atoms with Crippen LogP contribution in [0.5, 0.6) is 0 Å². The van der Waals surface area contributed by atoms with E-state index in [-0.39, 0.29) is 11.8 Å². The van der Waals surface area contributed by atoms with Crippen LogP contribution < -0.4 is 0 Å². The number of amides is 2. The monoisotopic (exact) mass is 409 g/mol. The van der Waals surface area contributed by atoms with Crippen molar-refractivity contribution < 1.29 is 14.3 Å². The number of carbonyl (C=O) groups excluding carboxylic acids is 2. The predicted octanol–water partition coefficient (Wildman–Crippen LogP) is 3.69. The zero-order valence-corrected chi connectivity index (χ0v) is 14.4. The normalized spacial score (nSPS) is 14.4. The molecule has 7 heteroatoms. The van der Waals surface area contributed by atoms with Gasteiger partial charge in [0.2, 0.25) is 0 Å². The Balaban J connectivity index is 2.00. The van der Waals surface area contributed by atoms with Gasteiger partial charge < -0.3 is 4.74 Å². The Morgan fingerprint density at radius 2 is 1.68 bits per heavy atom. The fourth-order valence-corrected chi connectivity index (χ4v) is 4.99. The first kappa shape index (κ1) is 15.2. The Hall–Kier alpha value is -0.240. The maximum absolute atomic E-state index is 12.2. The van der Waals surface area contributed by atoms with Gasteiger partial charge in [-0.25, -0.2) is 0 Å². The van der Waals surface area contributed by atoms with Crippen LogP contribution >= 0.6 is 43.2 Å². The standard InChI is InChI=1S/C12H13Br2NO3S/c1-2-5-18-6-3-4-15-11(16)7-8(12(15)17)10(14)19-9(7)13/h2-6H2,1H3. The molecule has 0 radical (unpaired) electrons. The van der Waals surface area contributed by atoms with Crippen LogP contribution in [0.15, 0.2) is 7.57 Å². The largest absolute Gasteiger partial charge is 0.381 e. The average Bonchev–Trinajstić information content (AvgIpc) is 2.79. The number of rotatable bonds is 6. The van der Waals surface area contributed by atoms with Gasteiger partial charge >= 0.3 is 0 Å². The van der Waals surface area contributed by atoms with Crippen molar-refractivity contribution in [1.29, 1.82) is 0 Å². The summed E-state index contributed by atoms with van der Waals surface area (Å²) in [5.74, 6) is -0.436. The highest BCUT2D eigenvalue weighted by Crippen LogP contribution is 2.41. The van der Waals surface area contributed by atoms with Gasteiger partial charge in [0.15, 0.2) is 0 Å². The maximum atomic E-state index is 12.2. The van der Waals surface area contributed by atoms with E-state index in [4.69, 9.17) is 4.74 Å². The fourth-order valence-electron chi connectivity index (χ4n) is 1.90. The van der Waals surface area contributed by atoms with E-state index < -0.39 is 0 Å². The summed E-state index contributed by atoms with van der Waals surface area (Å²) in [5, 5.41) is 0. The molecule has 2 amide bonds. The molecule has 1 aromatic heterocycles. The first-order chi connectivity index (χ1) is 9.07. The van der Waals surface area contributed by atoms with Gasteiger partial charge in [0.25, 0.3) is 11.8 Å². The lowest BCUT2D eigenvalue weighted by molar-refractivity contribution is 0.0626. The van der Waals surface area contributed by atoms with Crippen LogP contribution in [0.3, 0.4) is 0 Å². The van der Waals surface area contributed by atoms with E-state index in [1.807, 2.05) is 6.92 Å². The van der Waals surface area contributed by atoms with Crippen molar-refractivity contribution in [3.63, 3.8) is 0 Å². The summed E-state index contributed by atoms with van der Waals surface area (Å²) in [6.45, 7) is 3.73. The molecular formula is C12H13Br2NO3S. The molecular weight excluding hydrogens is 398 g/mol. The maximum Gasteiger partial charge on any atom is 0.263 e. The highest BCUT2D eigenvalue weighted by atomic mass is 79.9. The molecule has 0 aliphatic carbocycles. The zero-order chi connectivity index (χ0) is 14.0. The van der Waals surface area contributed by atoms with E-state index in [1.54, 1.807) is 0 Å². The minimum absolute atomic E-state index is 0.218. The molecule has 2 heterocycles. The van der Waals surface area contributed by atoms with E-state index >= 15 is 0 Å². The van der Waals surface area contributed by atoms with Gasteiger partial charge in [-0.1, -0.05) is 6.92 Å². The van der Waals surface area contributed by atoms with Crippen molar-refractivity contribution in [1.82, 2.24) is 4.90 Å². The first-order valence-corrected chi connectivity index (χ1v) is 8.39. The van der Waals surface area contributed by atoms with Crippen LogP contribution in [0.25, 0.3) is 0 Å². The molecule has 1 aromatic rings. The topological polar surface area (TPSA) is 46.6 Å². The van der Waals surface area contributed by atoms with Gasteiger partial charge in [-0.15, -0.1) is 11.3 Å². The summed E-state index contributed by atoms with van der Waals surface area (Å²) in [7, 11) is 0. The minimum atomic E-state index is -0.218. The zero-order valence-electron chi connectivity index (χ0n) is 10.4. The molecule has 0 spiro atoms. The molecule has 0 saturated heterocycles. The summed E-state index contributed by atoms with van der Waals surface area (Å²) in [4.78, 5) is 25.7. The number of hydrogen-bond acceptors (Lipinski definition) is 4. The van der Waals surface area contributed by atoms with Gasteiger partial charge in [0, 0.05) is 19.8 Å². The third-order valence-electron chi connectivity index (χ3n) is 2.76. The van der Waals surface area contributed by atoms with Crippen LogP contribution in [0.1, 0.15) is 40.5 Å².